The molecule has 1 fully saturated rings. The van der Waals surface area contributed by atoms with Crippen LogP contribution in [0.15, 0.2) is 18.2 Å². The topological polar surface area (TPSA) is 46.2 Å². The lowest BCUT2D eigenvalue weighted by atomic mass is 9.90. The van der Waals surface area contributed by atoms with Crippen molar-refractivity contribution in [3.8, 4) is 0 Å². The van der Waals surface area contributed by atoms with Gasteiger partial charge in [0, 0.05) is 11.3 Å². The molecular formula is C12H11NO2. The molecule has 1 spiro atoms. The number of carbonyl (C=O) groups excluding carboxylic acids is 2. The maximum absolute atomic E-state index is 11.7. The van der Waals surface area contributed by atoms with Crippen LogP contribution in [0.5, 0.6) is 0 Å². The van der Waals surface area contributed by atoms with Crippen LogP contribution in [0.25, 0.3) is 0 Å². The molecule has 0 radical (unpaired) electrons. The Morgan fingerprint density at radius 1 is 1.33 bits per heavy atom. The van der Waals surface area contributed by atoms with Crippen molar-refractivity contribution >= 4 is 17.9 Å². The molecule has 0 unspecified atom stereocenters. The molecule has 0 atom stereocenters. The zero-order valence-electron chi connectivity index (χ0n) is 8.25. The van der Waals surface area contributed by atoms with Crippen LogP contribution >= 0.6 is 0 Å². The molecule has 3 nitrogen and oxygen atoms in total. The molecule has 76 valence electrons. The normalized spacial score (nSPS) is 20.7. The molecule has 1 aromatic carbocycles. The van der Waals surface area contributed by atoms with Crippen molar-refractivity contribution < 1.29 is 9.59 Å². The van der Waals surface area contributed by atoms with Crippen molar-refractivity contribution in [2.24, 2.45) is 5.41 Å². The Balaban J connectivity index is 2.04. The van der Waals surface area contributed by atoms with E-state index in [1.54, 1.807) is 12.1 Å². The second-order valence-corrected chi connectivity index (χ2v) is 4.45. The van der Waals surface area contributed by atoms with E-state index in [0.717, 1.165) is 36.8 Å². The summed E-state index contributed by atoms with van der Waals surface area (Å²) in [7, 11) is 0. The second-order valence-electron chi connectivity index (χ2n) is 4.45. The average molecular weight is 201 g/mol. The van der Waals surface area contributed by atoms with Crippen molar-refractivity contribution in [3.05, 3.63) is 29.3 Å². The highest BCUT2D eigenvalue weighted by atomic mass is 16.2. The standard InChI is InChI=1S/C12H11NO2/c14-7-8-1-2-9-6-12(3-4-12)11(15)13-10(9)5-8/h1-2,5,7H,3-4,6H2,(H,13,15). The Bertz CT molecular complexity index is 461. The minimum Gasteiger partial charge on any atom is -0.325 e. The predicted molar refractivity (Wildman–Crippen MR) is 55.8 cm³/mol. The number of carbonyl (C=O) groups is 2. The summed E-state index contributed by atoms with van der Waals surface area (Å²) in [6.45, 7) is 0. The van der Waals surface area contributed by atoms with Gasteiger partial charge in [-0.3, -0.25) is 9.59 Å². The van der Waals surface area contributed by atoms with Gasteiger partial charge in [0.15, 0.2) is 0 Å². The van der Waals surface area contributed by atoms with E-state index < -0.39 is 0 Å². The molecule has 1 aliphatic heterocycles. The van der Waals surface area contributed by atoms with Crippen LogP contribution in [0.4, 0.5) is 5.69 Å². The van der Waals surface area contributed by atoms with Gasteiger partial charge in [0.05, 0.1) is 5.41 Å². The first-order valence-electron chi connectivity index (χ1n) is 5.13. The third-order valence-electron chi connectivity index (χ3n) is 3.38. The van der Waals surface area contributed by atoms with Gasteiger partial charge in [-0.05, 0) is 30.9 Å². The van der Waals surface area contributed by atoms with Gasteiger partial charge >= 0.3 is 0 Å². The van der Waals surface area contributed by atoms with Gasteiger partial charge in [0.25, 0.3) is 0 Å². The van der Waals surface area contributed by atoms with Gasteiger partial charge < -0.3 is 5.32 Å². The molecule has 1 aromatic rings. The maximum Gasteiger partial charge on any atom is 0.230 e. The second kappa shape index (κ2) is 2.69. The Morgan fingerprint density at radius 2 is 2.13 bits per heavy atom. The SMILES string of the molecule is O=Cc1ccc2c(c1)NC(=O)C1(CC1)C2. The number of benzene rings is 1. The van der Waals surface area contributed by atoms with Crippen LogP contribution in [-0.4, -0.2) is 12.2 Å². The Kier molecular flexibility index (Phi) is 1.55. The van der Waals surface area contributed by atoms with E-state index in [1.165, 1.54) is 0 Å². The molecule has 15 heavy (non-hydrogen) atoms. The minimum absolute atomic E-state index is 0.115. The van der Waals surface area contributed by atoms with E-state index in [1.807, 2.05) is 6.07 Å². The van der Waals surface area contributed by atoms with Crippen molar-refractivity contribution in [1.29, 1.82) is 0 Å². The maximum atomic E-state index is 11.7. The van der Waals surface area contributed by atoms with Crippen molar-refractivity contribution in [1.82, 2.24) is 0 Å². The van der Waals surface area contributed by atoms with Crippen molar-refractivity contribution in [2.75, 3.05) is 5.32 Å². The first-order valence-corrected chi connectivity index (χ1v) is 5.13. The van der Waals surface area contributed by atoms with Crippen LogP contribution in [0, 0.1) is 5.41 Å². The molecular weight excluding hydrogens is 190 g/mol. The number of anilines is 1. The molecule has 1 N–H and O–H groups in total. The highest BCUT2D eigenvalue weighted by Crippen LogP contribution is 2.52. The highest BCUT2D eigenvalue weighted by molar-refractivity contribution is 6.00. The summed E-state index contributed by atoms with van der Waals surface area (Å²) >= 11 is 0. The number of amides is 1. The van der Waals surface area contributed by atoms with E-state index in [0.29, 0.717) is 5.56 Å². The summed E-state index contributed by atoms with van der Waals surface area (Å²) < 4.78 is 0. The van der Waals surface area contributed by atoms with Crippen molar-refractivity contribution in [3.63, 3.8) is 0 Å². The van der Waals surface area contributed by atoms with Gasteiger partial charge in [-0.1, -0.05) is 12.1 Å². The fourth-order valence-corrected chi connectivity index (χ4v) is 2.19. The number of aldehydes is 1. The first kappa shape index (κ1) is 8.65. The van der Waals surface area contributed by atoms with E-state index >= 15 is 0 Å². The number of fused-ring (bicyclic) bond motifs is 1. The van der Waals surface area contributed by atoms with E-state index in [-0.39, 0.29) is 11.3 Å². The molecule has 3 rings (SSSR count). The first-order chi connectivity index (χ1) is 7.23. The fourth-order valence-electron chi connectivity index (χ4n) is 2.19. The van der Waals surface area contributed by atoms with E-state index in [9.17, 15) is 9.59 Å². The minimum atomic E-state index is -0.115. The Labute approximate surface area is 87.5 Å². The summed E-state index contributed by atoms with van der Waals surface area (Å²) in [5, 5.41) is 2.89. The zero-order valence-corrected chi connectivity index (χ0v) is 8.25. The zero-order chi connectivity index (χ0) is 10.5. The van der Waals surface area contributed by atoms with E-state index in [2.05, 4.69) is 5.32 Å². The highest BCUT2D eigenvalue weighted by Gasteiger charge is 2.51. The lowest BCUT2D eigenvalue weighted by Crippen LogP contribution is -2.31. The van der Waals surface area contributed by atoms with Gasteiger partial charge in [0.2, 0.25) is 5.91 Å². The summed E-state index contributed by atoms with van der Waals surface area (Å²) in [4.78, 5) is 22.3. The van der Waals surface area contributed by atoms with Gasteiger partial charge in [-0.15, -0.1) is 0 Å². The molecule has 1 saturated carbocycles. The number of hydrogen-bond donors (Lipinski definition) is 1. The summed E-state index contributed by atoms with van der Waals surface area (Å²) in [6.07, 6.45) is 3.61. The van der Waals surface area contributed by atoms with Crippen LogP contribution in [-0.2, 0) is 11.2 Å². The molecule has 0 saturated heterocycles. The summed E-state index contributed by atoms with van der Waals surface area (Å²) in [5.74, 6) is 0.123. The lowest BCUT2D eigenvalue weighted by molar-refractivity contribution is -0.121. The molecule has 2 aliphatic rings. The van der Waals surface area contributed by atoms with E-state index in [4.69, 9.17) is 0 Å². The Hall–Kier alpha value is -1.64. The quantitative estimate of drug-likeness (QED) is 0.704. The molecule has 1 aliphatic carbocycles. The van der Waals surface area contributed by atoms with Crippen LogP contribution in [0.2, 0.25) is 0 Å². The smallest absolute Gasteiger partial charge is 0.230 e. The Morgan fingerprint density at radius 3 is 2.80 bits per heavy atom. The van der Waals surface area contributed by atoms with Gasteiger partial charge in [0.1, 0.15) is 6.29 Å². The fraction of sp³-hybridized carbons (Fsp3) is 0.333. The predicted octanol–water partition coefficient (Wildman–Crippen LogP) is 1.77. The third kappa shape index (κ3) is 1.19. The van der Waals surface area contributed by atoms with Crippen LogP contribution in [0.3, 0.4) is 0 Å². The lowest BCUT2D eigenvalue weighted by Gasteiger charge is -2.24. The average Bonchev–Trinajstić information content (AvgIpc) is 3.00. The van der Waals surface area contributed by atoms with Gasteiger partial charge in [-0.2, -0.15) is 0 Å². The van der Waals surface area contributed by atoms with Crippen LogP contribution < -0.4 is 5.32 Å². The molecule has 3 heteroatoms. The molecule has 0 bridgehead atoms. The molecule has 1 amide bonds. The number of hydrogen-bond acceptors (Lipinski definition) is 2. The summed E-state index contributed by atoms with van der Waals surface area (Å²) in [5.41, 5.74) is 2.45. The third-order valence-corrected chi connectivity index (χ3v) is 3.38. The summed E-state index contributed by atoms with van der Waals surface area (Å²) in [6, 6.07) is 5.49. The largest absolute Gasteiger partial charge is 0.325 e. The number of rotatable bonds is 1. The molecule has 1 heterocycles. The van der Waals surface area contributed by atoms with Gasteiger partial charge in [-0.25, -0.2) is 0 Å². The van der Waals surface area contributed by atoms with Crippen molar-refractivity contribution in [2.45, 2.75) is 19.3 Å². The molecule has 0 aromatic heterocycles. The van der Waals surface area contributed by atoms with Crippen LogP contribution in [0.1, 0.15) is 28.8 Å². The number of nitrogens with one attached hydrogen (secondary N) is 1. The monoisotopic (exact) mass is 201 g/mol.